The molecule has 0 saturated carbocycles. The molecule has 8 nitrogen and oxygen atoms in total. The second-order valence-corrected chi connectivity index (χ2v) is 3.98. The van der Waals surface area contributed by atoms with Crippen LogP contribution >= 0.6 is 0 Å². The van der Waals surface area contributed by atoms with Crippen molar-refractivity contribution in [3.8, 4) is 0 Å². The molecule has 0 heterocycles. The first-order chi connectivity index (χ1) is 8.79. The first kappa shape index (κ1) is 17.6. The summed E-state index contributed by atoms with van der Waals surface area (Å²) in [7, 11) is 0. The molecule has 0 spiro atoms. The van der Waals surface area contributed by atoms with E-state index in [0.29, 0.717) is 0 Å². The molecular weight excluding hydrogens is 272 g/mol. The van der Waals surface area contributed by atoms with Gasteiger partial charge in [0.15, 0.2) is 5.60 Å². The Morgan fingerprint density at radius 2 is 1.55 bits per heavy atom. The predicted octanol–water partition coefficient (Wildman–Crippen LogP) is -0.679. The molecule has 0 saturated heterocycles. The lowest BCUT2D eigenvalue weighted by atomic mass is 9.79. The summed E-state index contributed by atoms with van der Waals surface area (Å²) < 4.78 is 0. The number of hydrogen-bond acceptors (Lipinski definition) is 4. The van der Waals surface area contributed by atoms with Gasteiger partial charge in [-0.15, -0.1) is 0 Å². The molecule has 0 bridgehead atoms. The highest BCUT2D eigenvalue weighted by molar-refractivity contribution is 5.92. The molecule has 1 rings (SSSR count). The Labute approximate surface area is 113 Å². The van der Waals surface area contributed by atoms with E-state index < -0.39 is 35.8 Å². The van der Waals surface area contributed by atoms with Gasteiger partial charge in [-0.2, -0.15) is 0 Å². The molecule has 6 N–H and O–H groups in total. The van der Waals surface area contributed by atoms with Gasteiger partial charge in [-0.1, -0.05) is 30.3 Å². The number of rotatable bonds is 6. The average Bonchev–Trinajstić information content (AvgIpc) is 2.28. The number of carbonyl (C=O) groups is 3. The Morgan fingerprint density at radius 1 is 1.05 bits per heavy atom. The fraction of sp³-hybridized carbons (Fsp3) is 0.250. The van der Waals surface area contributed by atoms with Crippen molar-refractivity contribution in [1.82, 2.24) is 0 Å². The highest BCUT2D eigenvalue weighted by Gasteiger charge is 2.50. The van der Waals surface area contributed by atoms with Crippen molar-refractivity contribution in [2.75, 3.05) is 0 Å². The first-order valence-electron chi connectivity index (χ1n) is 5.24. The smallest absolute Gasteiger partial charge is 0.337 e. The van der Waals surface area contributed by atoms with E-state index in [1.165, 1.54) is 24.3 Å². The Balaban J connectivity index is 0.00000361. The number of aliphatic carboxylic acids is 3. The van der Waals surface area contributed by atoms with Gasteiger partial charge in [-0.3, -0.25) is 9.59 Å². The summed E-state index contributed by atoms with van der Waals surface area (Å²) in [5.74, 6) is -6.99. The zero-order valence-corrected chi connectivity index (χ0v) is 10.2. The Kier molecular flexibility index (Phi) is 5.83. The molecule has 110 valence electrons. The summed E-state index contributed by atoms with van der Waals surface area (Å²) in [5, 5.41) is 36.7. The number of hydrogen-bond donors (Lipinski definition) is 4. The fourth-order valence-electron chi connectivity index (χ4n) is 1.80. The van der Waals surface area contributed by atoms with Crippen molar-refractivity contribution in [3.63, 3.8) is 0 Å². The van der Waals surface area contributed by atoms with E-state index >= 15 is 0 Å². The van der Waals surface area contributed by atoms with E-state index in [1.807, 2.05) is 0 Å². The van der Waals surface area contributed by atoms with Gasteiger partial charge in [0, 0.05) is 0 Å². The molecule has 2 atom stereocenters. The molecule has 0 aliphatic rings. The molecule has 0 aromatic heterocycles. The minimum Gasteiger partial charge on any atom is -0.481 e. The van der Waals surface area contributed by atoms with Crippen LogP contribution in [0.15, 0.2) is 30.3 Å². The van der Waals surface area contributed by atoms with Crippen molar-refractivity contribution >= 4 is 17.9 Å². The van der Waals surface area contributed by atoms with Gasteiger partial charge >= 0.3 is 17.9 Å². The van der Waals surface area contributed by atoms with E-state index in [1.54, 1.807) is 6.07 Å². The van der Waals surface area contributed by atoms with Crippen LogP contribution in [-0.2, 0) is 14.4 Å². The monoisotopic (exact) mass is 286 g/mol. The zero-order valence-electron chi connectivity index (χ0n) is 10.2. The normalized spacial score (nSPS) is 14.4. The van der Waals surface area contributed by atoms with Crippen LogP contribution < -0.4 is 0 Å². The average molecular weight is 286 g/mol. The van der Waals surface area contributed by atoms with E-state index in [0.717, 1.165) is 0 Å². The number of carboxylic acid groups (broad SMARTS) is 3. The molecule has 0 aliphatic carbocycles. The van der Waals surface area contributed by atoms with E-state index in [-0.39, 0.29) is 11.0 Å². The summed E-state index contributed by atoms with van der Waals surface area (Å²) in [5.41, 5.74) is -2.90. The lowest BCUT2D eigenvalue weighted by Gasteiger charge is -2.28. The standard InChI is InChI=1S/C12H12O7.H2O/c13-8(14)6-12(19,11(17)18)9(10(15)16)7-4-2-1-3-5-7;/h1-5,9,19H,6H2,(H,13,14)(H,15,16)(H,17,18);1H2. The summed E-state index contributed by atoms with van der Waals surface area (Å²) in [6, 6.07) is 7.14. The van der Waals surface area contributed by atoms with Crippen molar-refractivity contribution in [3.05, 3.63) is 35.9 Å². The lowest BCUT2D eigenvalue weighted by Crippen LogP contribution is -2.49. The van der Waals surface area contributed by atoms with Crippen molar-refractivity contribution in [1.29, 1.82) is 0 Å². The molecule has 0 fully saturated rings. The molecule has 0 aliphatic heterocycles. The maximum absolute atomic E-state index is 11.2. The summed E-state index contributed by atoms with van der Waals surface area (Å²) >= 11 is 0. The van der Waals surface area contributed by atoms with E-state index in [2.05, 4.69) is 0 Å². The summed E-state index contributed by atoms with van der Waals surface area (Å²) in [6.07, 6.45) is -1.21. The van der Waals surface area contributed by atoms with Gasteiger partial charge in [0.05, 0.1) is 6.42 Å². The number of aliphatic hydroxyl groups is 1. The third-order valence-electron chi connectivity index (χ3n) is 2.65. The molecule has 20 heavy (non-hydrogen) atoms. The quantitative estimate of drug-likeness (QED) is 0.538. The van der Waals surface area contributed by atoms with Crippen LogP contribution in [0.5, 0.6) is 0 Å². The molecule has 1 aromatic rings. The topological polar surface area (TPSA) is 164 Å². The minimum atomic E-state index is -2.92. The Hall–Kier alpha value is -2.45. The second kappa shape index (κ2) is 6.64. The van der Waals surface area contributed by atoms with Crippen molar-refractivity contribution in [2.45, 2.75) is 17.9 Å². The van der Waals surface area contributed by atoms with Crippen molar-refractivity contribution < 1.29 is 40.3 Å². The molecule has 8 heteroatoms. The fourth-order valence-corrected chi connectivity index (χ4v) is 1.80. The summed E-state index contributed by atoms with van der Waals surface area (Å²) in [4.78, 5) is 33.0. The first-order valence-corrected chi connectivity index (χ1v) is 5.24. The van der Waals surface area contributed by atoms with Gasteiger partial charge in [-0.25, -0.2) is 4.79 Å². The number of benzene rings is 1. The van der Waals surface area contributed by atoms with Crippen LogP contribution in [-0.4, -0.2) is 49.4 Å². The van der Waals surface area contributed by atoms with Crippen molar-refractivity contribution in [2.24, 2.45) is 0 Å². The lowest BCUT2D eigenvalue weighted by molar-refractivity contribution is -0.173. The third kappa shape index (κ3) is 3.53. The minimum absolute atomic E-state index is 0. The van der Waals surface area contributed by atoms with Gasteiger partial charge in [0.25, 0.3) is 0 Å². The third-order valence-corrected chi connectivity index (χ3v) is 2.65. The second-order valence-electron chi connectivity index (χ2n) is 3.98. The largest absolute Gasteiger partial charge is 0.481 e. The van der Waals surface area contributed by atoms with Gasteiger partial charge in [-0.05, 0) is 5.56 Å². The van der Waals surface area contributed by atoms with E-state index in [4.69, 9.17) is 15.3 Å². The Morgan fingerprint density at radius 3 is 1.90 bits per heavy atom. The predicted molar refractivity (Wildman–Crippen MR) is 65.3 cm³/mol. The highest BCUT2D eigenvalue weighted by atomic mass is 16.4. The zero-order chi connectivity index (χ0) is 14.6. The molecule has 2 unspecified atom stereocenters. The highest BCUT2D eigenvalue weighted by Crippen LogP contribution is 2.32. The molecule has 0 amide bonds. The molecule has 0 radical (unpaired) electrons. The maximum Gasteiger partial charge on any atom is 0.337 e. The van der Waals surface area contributed by atoms with Gasteiger partial charge in [0.2, 0.25) is 0 Å². The van der Waals surface area contributed by atoms with Crippen LogP contribution in [0.2, 0.25) is 0 Å². The van der Waals surface area contributed by atoms with E-state index in [9.17, 15) is 19.5 Å². The maximum atomic E-state index is 11.2. The summed E-state index contributed by atoms with van der Waals surface area (Å²) in [6.45, 7) is 0. The molecule has 1 aromatic carbocycles. The molecular formula is C12H14O8. The van der Waals surface area contributed by atoms with Crippen LogP contribution in [0.1, 0.15) is 17.9 Å². The van der Waals surface area contributed by atoms with Gasteiger partial charge < -0.3 is 25.9 Å². The van der Waals surface area contributed by atoms with Crippen LogP contribution in [0.3, 0.4) is 0 Å². The SMILES string of the molecule is O.O=C(O)CC(O)(C(=O)O)C(C(=O)O)c1ccccc1. The van der Waals surface area contributed by atoms with Crippen LogP contribution in [0.4, 0.5) is 0 Å². The number of carboxylic acids is 3. The Bertz CT molecular complexity index is 497. The van der Waals surface area contributed by atoms with Crippen LogP contribution in [0.25, 0.3) is 0 Å². The van der Waals surface area contributed by atoms with Gasteiger partial charge in [0.1, 0.15) is 5.92 Å². The van der Waals surface area contributed by atoms with Crippen LogP contribution in [0, 0.1) is 0 Å².